The van der Waals surface area contributed by atoms with Crippen LogP contribution in [0.2, 0.25) is 5.02 Å². The Hall–Kier alpha value is -1.40. The van der Waals surface area contributed by atoms with Gasteiger partial charge < -0.3 is 5.73 Å². The number of nitrogens with two attached hydrogens (primary N) is 1. The molecule has 0 bridgehead atoms. The molecule has 0 spiro atoms. The van der Waals surface area contributed by atoms with Crippen LogP contribution in [0, 0.1) is 6.92 Å². The zero-order valence-corrected chi connectivity index (χ0v) is 11.9. The Morgan fingerprint density at radius 3 is 2.94 bits per heavy atom. The van der Waals surface area contributed by atoms with Gasteiger partial charge in [-0.25, -0.2) is 9.97 Å². The topological polar surface area (TPSA) is 73.8 Å². The fraction of sp³-hybridized carbons (Fsp3) is 0.182. The third-order valence-corrected chi connectivity index (χ3v) is 3.34. The van der Waals surface area contributed by atoms with E-state index in [0.29, 0.717) is 26.8 Å². The van der Waals surface area contributed by atoms with Crippen LogP contribution in [0.5, 0.6) is 0 Å². The molecular formula is C11H10BrClN4O. The first kappa shape index (κ1) is 13.0. The van der Waals surface area contributed by atoms with Gasteiger partial charge in [-0.15, -0.1) is 0 Å². The number of nitrogens with zero attached hydrogens (tertiary/aromatic N) is 3. The van der Waals surface area contributed by atoms with Gasteiger partial charge in [-0.1, -0.05) is 11.6 Å². The lowest BCUT2D eigenvalue weighted by molar-refractivity contribution is 0.683. The standard InChI is InChI=1S/C11H10BrClN4O/c1-6-15-4-7(12)11(18)17(6)5-9-8(13)2-3-10(14)16-9/h2-4H,5H2,1H3,(H2,14,16). The van der Waals surface area contributed by atoms with Crippen LogP contribution in [0.4, 0.5) is 5.82 Å². The van der Waals surface area contributed by atoms with E-state index in [9.17, 15) is 4.79 Å². The minimum atomic E-state index is -0.178. The molecular weight excluding hydrogens is 320 g/mol. The first-order valence-corrected chi connectivity index (χ1v) is 6.29. The van der Waals surface area contributed by atoms with Crippen molar-refractivity contribution in [3.8, 4) is 0 Å². The summed E-state index contributed by atoms with van der Waals surface area (Å²) >= 11 is 9.18. The Labute approximate surface area is 117 Å². The highest BCUT2D eigenvalue weighted by atomic mass is 79.9. The van der Waals surface area contributed by atoms with Gasteiger partial charge in [0.1, 0.15) is 16.1 Å². The first-order valence-electron chi connectivity index (χ1n) is 5.12. The van der Waals surface area contributed by atoms with E-state index in [-0.39, 0.29) is 12.1 Å². The number of rotatable bonds is 2. The second-order valence-corrected chi connectivity index (χ2v) is 4.97. The van der Waals surface area contributed by atoms with E-state index >= 15 is 0 Å². The largest absolute Gasteiger partial charge is 0.384 e. The van der Waals surface area contributed by atoms with Gasteiger partial charge in [0, 0.05) is 6.20 Å². The van der Waals surface area contributed by atoms with Gasteiger partial charge in [0.2, 0.25) is 0 Å². The number of aryl methyl sites for hydroxylation is 1. The summed E-state index contributed by atoms with van der Waals surface area (Å²) in [6.45, 7) is 1.98. The molecule has 5 nitrogen and oxygen atoms in total. The normalized spacial score (nSPS) is 10.6. The molecule has 0 fully saturated rings. The second kappa shape index (κ2) is 5.07. The fourth-order valence-electron chi connectivity index (χ4n) is 1.50. The van der Waals surface area contributed by atoms with Crippen LogP contribution in [0.1, 0.15) is 11.5 Å². The van der Waals surface area contributed by atoms with E-state index in [0.717, 1.165) is 0 Å². The number of pyridine rings is 1. The van der Waals surface area contributed by atoms with Crippen LogP contribution in [0.25, 0.3) is 0 Å². The molecule has 2 aromatic rings. The maximum Gasteiger partial charge on any atom is 0.268 e. The molecule has 7 heteroatoms. The van der Waals surface area contributed by atoms with Crippen LogP contribution in [-0.4, -0.2) is 14.5 Å². The highest BCUT2D eigenvalue weighted by Crippen LogP contribution is 2.16. The van der Waals surface area contributed by atoms with Crippen LogP contribution in [0.3, 0.4) is 0 Å². The van der Waals surface area contributed by atoms with Crippen LogP contribution >= 0.6 is 27.5 Å². The number of halogens is 2. The van der Waals surface area contributed by atoms with Crippen molar-refractivity contribution in [2.24, 2.45) is 0 Å². The third-order valence-electron chi connectivity index (χ3n) is 2.45. The monoisotopic (exact) mass is 328 g/mol. The Bertz CT molecular complexity index is 656. The Balaban J connectivity index is 2.49. The molecule has 0 aromatic carbocycles. The fourth-order valence-corrected chi connectivity index (χ4v) is 1.98. The number of aromatic nitrogens is 3. The molecule has 0 aliphatic heterocycles. The van der Waals surface area contributed by atoms with Gasteiger partial charge in [0.15, 0.2) is 0 Å². The summed E-state index contributed by atoms with van der Waals surface area (Å²) in [5.74, 6) is 0.951. The van der Waals surface area contributed by atoms with E-state index in [4.69, 9.17) is 17.3 Å². The van der Waals surface area contributed by atoms with Crippen molar-refractivity contribution in [1.82, 2.24) is 14.5 Å². The lowest BCUT2D eigenvalue weighted by Crippen LogP contribution is -2.25. The molecule has 18 heavy (non-hydrogen) atoms. The third kappa shape index (κ3) is 2.54. The molecule has 0 saturated carbocycles. The maximum atomic E-state index is 12.0. The quantitative estimate of drug-likeness (QED) is 0.914. The Kier molecular flexibility index (Phi) is 3.68. The highest BCUT2D eigenvalue weighted by molar-refractivity contribution is 9.10. The number of hydrogen-bond acceptors (Lipinski definition) is 4. The molecule has 0 amide bonds. The second-order valence-electron chi connectivity index (χ2n) is 3.71. The van der Waals surface area contributed by atoms with E-state index in [1.807, 2.05) is 0 Å². The zero-order valence-electron chi connectivity index (χ0n) is 9.52. The summed E-state index contributed by atoms with van der Waals surface area (Å²) in [6, 6.07) is 3.27. The van der Waals surface area contributed by atoms with E-state index < -0.39 is 0 Å². The van der Waals surface area contributed by atoms with Gasteiger partial charge in [-0.2, -0.15) is 0 Å². The highest BCUT2D eigenvalue weighted by Gasteiger charge is 2.09. The Morgan fingerprint density at radius 1 is 1.50 bits per heavy atom. The summed E-state index contributed by atoms with van der Waals surface area (Å²) in [6.07, 6.45) is 1.47. The van der Waals surface area contributed by atoms with Crippen molar-refractivity contribution in [2.45, 2.75) is 13.5 Å². The molecule has 94 valence electrons. The van der Waals surface area contributed by atoms with Crippen LogP contribution < -0.4 is 11.3 Å². The van der Waals surface area contributed by atoms with Crippen molar-refractivity contribution in [3.63, 3.8) is 0 Å². The Morgan fingerprint density at radius 2 is 2.22 bits per heavy atom. The first-order chi connectivity index (χ1) is 8.49. The van der Waals surface area contributed by atoms with Gasteiger partial charge in [-0.05, 0) is 35.0 Å². The van der Waals surface area contributed by atoms with E-state index in [1.165, 1.54) is 10.8 Å². The smallest absolute Gasteiger partial charge is 0.268 e. The van der Waals surface area contributed by atoms with E-state index in [1.54, 1.807) is 19.1 Å². The molecule has 0 radical (unpaired) electrons. The van der Waals surface area contributed by atoms with E-state index in [2.05, 4.69) is 25.9 Å². The van der Waals surface area contributed by atoms with Gasteiger partial charge >= 0.3 is 0 Å². The summed E-state index contributed by atoms with van der Waals surface area (Å²) in [5, 5.41) is 0.468. The summed E-state index contributed by atoms with van der Waals surface area (Å²) < 4.78 is 1.88. The van der Waals surface area contributed by atoms with Crippen molar-refractivity contribution < 1.29 is 0 Å². The summed E-state index contributed by atoms with van der Waals surface area (Å²) in [4.78, 5) is 20.2. The average Bonchev–Trinajstić information content (AvgIpc) is 2.34. The molecule has 0 aliphatic rings. The van der Waals surface area contributed by atoms with Crippen molar-refractivity contribution >= 4 is 33.3 Å². The SMILES string of the molecule is Cc1ncc(Br)c(=O)n1Cc1nc(N)ccc1Cl. The summed E-state index contributed by atoms with van der Waals surface area (Å²) in [5.41, 5.74) is 5.97. The number of hydrogen-bond donors (Lipinski definition) is 1. The van der Waals surface area contributed by atoms with Crippen molar-refractivity contribution in [2.75, 3.05) is 5.73 Å². The predicted octanol–water partition coefficient (Wildman–Crippen LogP) is 1.99. The van der Waals surface area contributed by atoms with Crippen molar-refractivity contribution in [1.29, 1.82) is 0 Å². The molecule has 2 rings (SSSR count). The molecule has 0 unspecified atom stereocenters. The number of anilines is 1. The van der Waals surface area contributed by atoms with Crippen LogP contribution in [0.15, 0.2) is 27.6 Å². The van der Waals surface area contributed by atoms with Gasteiger partial charge in [0.25, 0.3) is 5.56 Å². The van der Waals surface area contributed by atoms with Crippen molar-refractivity contribution in [3.05, 3.63) is 49.7 Å². The molecule has 2 N–H and O–H groups in total. The predicted molar refractivity (Wildman–Crippen MR) is 73.7 cm³/mol. The molecule has 0 aliphatic carbocycles. The maximum absolute atomic E-state index is 12.0. The zero-order chi connectivity index (χ0) is 13.3. The lowest BCUT2D eigenvalue weighted by atomic mass is 10.3. The molecule has 0 saturated heterocycles. The van der Waals surface area contributed by atoms with Gasteiger partial charge in [-0.3, -0.25) is 9.36 Å². The van der Waals surface area contributed by atoms with Gasteiger partial charge in [0.05, 0.1) is 17.3 Å². The van der Waals surface area contributed by atoms with Crippen LogP contribution in [-0.2, 0) is 6.54 Å². The lowest BCUT2D eigenvalue weighted by Gasteiger charge is -2.10. The number of nitrogen functional groups attached to an aromatic ring is 1. The average molecular weight is 330 g/mol. The summed E-state index contributed by atoms with van der Waals surface area (Å²) in [7, 11) is 0. The molecule has 2 heterocycles. The minimum Gasteiger partial charge on any atom is -0.384 e. The minimum absolute atomic E-state index is 0.178. The molecule has 2 aromatic heterocycles. The molecule has 0 atom stereocenters.